The topological polar surface area (TPSA) is 237 Å². The standard InChI is InChI=1S/C85H166O17P2/c1-8-9-10-11-12-13-14-15-25-31-40-47-54-61-68-84(89)102-81(73-96-83(88)67-60-53-46-39-34-33-37-44-51-58-65-78(6)7)75-100-104(93,94)98-71-79(86)70-97-103(91,92)99-74-80(72-95-82(87)66-59-52-45-38-30-27-22-24-29-36-43-50-57-64-77(4)5)101-85(90)69-62-55-48-41-32-26-21-19-17-16-18-20-23-28-35-42-49-56-63-76(2)3/h76-81,86H,8-75H2,1-7H3,(H,91,92)(H,93,94)/t79-,80-,81-/m1/s1. The van der Waals surface area contributed by atoms with Gasteiger partial charge in [0, 0.05) is 25.7 Å². The van der Waals surface area contributed by atoms with Crippen LogP contribution in [-0.4, -0.2) is 96.7 Å². The molecule has 19 heteroatoms. The van der Waals surface area contributed by atoms with Crippen molar-refractivity contribution in [2.24, 2.45) is 17.8 Å². The summed E-state index contributed by atoms with van der Waals surface area (Å²) in [4.78, 5) is 73.2. The number of carbonyl (C=O) groups is 4. The molecular weight excluding hydrogens is 1350 g/mol. The van der Waals surface area contributed by atoms with Gasteiger partial charge in [-0.3, -0.25) is 37.3 Å². The van der Waals surface area contributed by atoms with Gasteiger partial charge >= 0.3 is 39.5 Å². The maximum atomic E-state index is 13.1. The van der Waals surface area contributed by atoms with Gasteiger partial charge in [0.25, 0.3) is 0 Å². The van der Waals surface area contributed by atoms with E-state index in [0.29, 0.717) is 25.7 Å². The van der Waals surface area contributed by atoms with Gasteiger partial charge in [-0.25, -0.2) is 9.13 Å². The lowest BCUT2D eigenvalue weighted by Crippen LogP contribution is -2.30. The highest BCUT2D eigenvalue weighted by molar-refractivity contribution is 7.47. The Kier molecular flexibility index (Phi) is 73.7. The molecule has 0 bridgehead atoms. The number of phosphoric acid groups is 2. The first kappa shape index (κ1) is 102. The highest BCUT2D eigenvalue weighted by Crippen LogP contribution is 2.45. The van der Waals surface area contributed by atoms with Crippen LogP contribution >= 0.6 is 15.6 Å². The van der Waals surface area contributed by atoms with Crippen molar-refractivity contribution in [2.75, 3.05) is 39.6 Å². The molecule has 5 atom stereocenters. The van der Waals surface area contributed by atoms with Crippen LogP contribution in [0.3, 0.4) is 0 Å². The third-order valence-electron chi connectivity index (χ3n) is 19.9. The largest absolute Gasteiger partial charge is 0.472 e. The third kappa shape index (κ3) is 78.2. The summed E-state index contributed by atoms with van der Waals surface area (Å²) >= 11 is 0. The Morgan fingerprint density at radius 2 is 0.442 bits per heavy atom. The Hall–Kier alpha value is -1.94. The number of hydrogen-bond acceptors (Lipinski definition) is 15. The maximum Gasteiger partial charge on any atom is 0.472 e. The van der Waals surface area contributed by atoms with Crippen LogP contribution in [0.2, 0.25) is 0 Å². The van der Waals surface area contributed by atoms with Gasteiger partial charge in [0.1, 0.15) is 19.3 Å². The van der Waals surface area contributed by atoms with Gasteiger partial charge in [-0.05, 0) is 43.4 Å². The second-order valence-electron chi connectivity index (χ2n) is 32.0. The van der Waals surface area contributed by atoms with Crippen LogP contribution in [-0.2, 0) is 65.4 Å². The lowest BCUT2D eigenvalue weighted by Gasteiger charge is -2.21. The van der Waals surface area contributed by atoms with Crippen LogP contribution in [0, 0.1) is 17.8 Å². The maximum absolute atomic E-state index is 13.1. The number of phosphoric ester groups is 2. The van der Waals surface area contributed by atoms with E-state index in [-0.39, 0.29) is 25.7 Å². The minimum absolute atomic E-state index is 0.108. The van der Waals surface area contributed by atoms with Gasteiger partial charge in [-0.1, -0.05) is 395 Å². The Morgan fingerprint density at radius 3 is 0.654 bits per heavy atom. The van der Waals surface area contributed by atoms with Crippen molar-refractivity contribution in [1.29, 1.82) is 0 Å². The van der Waals surface area contributed by atoms with E-state index in [2.05, 4.69) is 48.5 Å². The molecule has 0 aromatic heterocycles. The molecule has 104 heavy (non-hydrogen) atoms. The molecule has 0 spiro atoms. The molecule has 0 aliphatic rings. The quantitative estimate of drug-likeness (QED) is 0.0222. The Bertz CT molecular complexity index is 2010. The van der Waals surface area contributed by atoms with Gasteiger partial charge in [0.05, 0.1) is 26.4 Å². The molecule has 0 radical (unpaired) electrons. The van der Waals surface area contributed by atoms with Crippen LogP contribution in [0.4, 0.5) is 0 Å². The van der Waals surface area contributed by atoms with E-state index in [1.165, 1.54) is 257 Å². The monoisotopic (exact) mass is 1520 g/mol. The summed E-state index contributed by atoms with van der Waals surface area (Å²) < 4.78 is 68.9. The lowest BCUT2D eigenvalue weighted by atomic mass is 10.0. The van der Waals surface area contributed by atoms with Gasteiger partial charge in [-0.2, -0.15) is 0 Å². The Balaban J connectivity index is 5.25. The predicted molar refractivity (Wildman–Crippen MR) is 428 cm³/mol. The zero-order valence-corrected chi connectivity index (χ0v) is 70.3. The molecule has 0 amide bonds. The molecular formula is C85H166O17P2. The van der Waals surface area contributed by atoms with Crippen LogP contribution in [0.1, 0.15) is 447 Å². The second-order valence-corrected chi connectivity index (χ2v) is 34.9. The summed E-state index contributed by atoms with van der Waals surface area (Å²) in [6.07, 6.45) is 65.1. The summed E-state index contributed by atoms with van der Waals surface area (Å²) in [5.41, 5.74) is 0. The fourth-order valence-electron chi connectivity index (χ4n) is 13.2. The average molecular weight is 1520 g/mol. The smallest absolute Gasteiger partial charge is 0.462 e. The lowest BCUT2D eigenvalue weighted by molar-refractivity contribution is -0.161. The number of hydrogen-bond donors (Lipinski definition) is 3. The third-order valence-corrected chi connectivity index (χ3v) is 21.8. The predicted octanol–water partition coefficient (Wildman–Crippen LogP) is 25.7. The van der Waals surface area contributed by atoms with E-state index >= 15 is 0 Å². The zero-order chi connectivity index (χ0) is 76.5. The first-order chi connectivity index (χ1) is 50.2. The van der Waals surface area contributed by atoms with Crippen molar-refractivity contribution in [2.45, 2.75) is 465 Å². The van der Waals surface area contributed by atoms with Crippen molar-refractivity contribution >= 4 is 39.5 Å². The summed E-state index contributed by atoms with van der Waals surface area (Å²) in [6, 6.07) is 0. The molecule has 0 aliphatic heterocycles. The minimum Gasteiger partial charge on any atom is -0.462 e. The summed E-state index contributed by atoms with van der Waals surface area (Å²) in [6.45, 7) is 12.0. The Labute approximate surface area is 638 Å². The molecule has 2 unspecified atom stereocenters. The molecule has 618 valence electrons. The van der Waals surface area contributed by atoms with E-state index in [0.717, 1.165) is 108 Å². The van der Waals surface area contributed by atoms with Crippen molar-refractivity contribution in [1.82, 2.24) is 0 Å². The van der Waals surface area contributed by atoms with Crippen molar-refractivity contribution < 1.29 is 80.2 Å². The molecule has 0 fully saturated rings. The molecule has 0 saturated carbocycles. The number of carbonyl (C=O) groups excluding carboxylic acids is 4. The fourth-order valence-corrected chi connectivity index (χ4v) is 14.8. The van der Waals surface area contributed by atoms with Crippen LogP contribution < -0.4 is 0 Å². The summed E-state index contributed by atoms with van der Waals surface area (Å²) in [5.74, 6) is 0.266. The van der Waals surface area contributed by atoms with Crippen molar-refractivity contribution in [3.05, 3.63) is 0 Å². The number of unbranched alkanes of at least 4 members (excludes halogenated alkanes) is 51. The van der Waals surface area contributed by atoms with Gasteiger partial charge in [0.2, 0.25) is 0 Å². The molecule has 3 N–H and O–H groups in total. The molecule has 0 aromatic rings. The van der Waals surface area contributed by atoms with Gasteiger partial charge in [-0.15, -0.1) is 0 Å². The number of esters is 4. The zero-order valence-electron chi connectivity index (χ0n) is 68.5. The molecule has 0 heterocycles. The first-order valence-corrected chi connectivity index (χ1v) is 46.8. The minimum atomic E-state index is -4.97. The van der Waals surface area contributed by atoms with E-state index in [1.54, 1.807) is 0 Å². The number of ether oxygens (including phenoxy) is 4. The molecule has 0 rings (SSSR count). The second kappa shape index (κ2) is 75.1. The fraction of sp³-hybridized carbons (Fsp3) is 0.953. The SMILES string of the molecule is CCCCCCCCCCCCCCCCC(=O)O[C@H](COC(=O)CCCCCCCCCCCCC(C)C)COP(=O)(O)OC[C@H](O)COP(=O)(O)OC[C@@H](COC(=O)CCCCCCCCCCCCCCCC(C)C)OC(=O)CCCCCCCCCCCCCCCCCCCCC(C)C. The molecule has 0 aromatic carbocycles. The van der Waals surface area contributed by atoms with Crippen LogP contribution in [0.5, 0.6) is 0 Å². The number of rotatable bonds is 83. The molecule has 17 nitrogen and oxygen atoms in total. The van der Waals surface area contributed by atoms with E-state index in [1.807, 2.05) is 0 Å². The van der Waals surface area contributed by atoms with Crippen molar-refractivity contribution in [3.63, 3.8) is 0 Å². The average Bonchev–Trinajstić information content (AvgIpc) is 0.928. The normalized spacial score (nSPS) is 13.9. The van der Waals surface area contributed by atoms with Gasteiger partial charge in [0.15, 0.2) is 12.2 Å². The van der Waals surface area contributed by atoms with Crippen LogP contribution in [0.15, 0.2) is 0 Å². The summed E-state index contributed by atoms with van der Waals surface area (Å²) in [5, 5.41) is 10.7. The molecule has 0 aliphatic carbocycles. The van der Waals surface area contributed by atoms with E-state index < -0.39 is 97.5 Å². The van der Waals surface area contributed by atoms with Crippen LogP contribution in [0.25, 0.3) is 0 Å². The van der Waals surface area contributed by atoms with Crippen molar-refractivity contribution in [3.8, 4) is 0 Å². The van der Waals surface area contributed by atoms with E-state index in [4.69, 9.17) is 37.0 Å². The van der Waals surface area contributed by atoms with Gasteiger partial charge < -0.3 is 33.8 Å². The number of aliphatic hydroxyl groups is 1. The highest BCUT2D eigenvalue weighted by Gasteiger charge is 2.30. The first-order valence-electron chi connectivity index (χ1n) is 43.8. The Morgan fingerprint density at radius 1 is 0.260 bits per heavy atom. The summed E-state index contributed by atoms with van der Waals surface area (Å²) in [7, 11) is -9.93. The van der Waals surface area contributed by atoms with E-state index in [9.17, 15) is 43.2 Å². The molecule has 0 saturated heterocycles. The highest BCUT2D eigenvalue weighted by atomic mass is 31.2. The number of aliphatic hydroxyl groups excluding tert-OH is 1.